The van der Waals surface area contributed by atoms with Crippen molar-refractivity contribution in [2.75, 3.05) is 12.8 Å². The normalized spacial score (nSPS) is 13.1. The summed E-state index contributed by atoms with van der Waals surface area (Å²) in [4.78, 5) is 0.202. The quantitative estimate of drug-likeness (QED) is 0.847. The lowest BCUT2D eigenvalue weighted by atomic mass is 10.2. The maximum atomic E-state index is 11.9. The zero-order valence-corrected chi connectivity index (χ0v) is 10.1. The number of hydrogen-bond acceptors (Lipinski definition) is 4. The Kier molecular flexibility index (Phi) is 4.05. The van der Waals surface area contributed by atoms with Gasteiger partial charge in [0.25, 0.3) is 0 Å². The van der Waals surface area contributed by atoms with E-state index in [9.17, 15) is 8.42 Å². The maximum Gasteiger partial charge on any atom is 0.179 e. The van der Waals surface area contributed by atoms with Gasteiger partial charge in [-0.2, -0.15) is 5.26 Å². The highest BCUT2D eigenvalue weighted by atomic mass is 32.2. The molecule has 4 nitrogen and oxygen atoms in total. The van der Waals surface area contributed by atoms with Crippen LogP contribution in [0.1, 0.15) is 12.5 Å². The molecule has 1 unspecified atom stereocenters. The van der Waals surface area contributed by atoms with E-state index in [1.807, 2.05) is 6.07 Å². The molecule has 0 fully saturated rings. The van der Waals surface area contributed by atoms with E-state index in [0.29, 0.717) is 5.56 Å². The van der Waals surface area contributed by atoms with Crippen LogP contribution in [-0.4, -0.2) is 27.3 Å². The lowest BCUT2D eigenvalue weighted by molar-refractivity contribution is 0.578. The molecule has 1 atom stereocenters. The minimum absolute atomic E-state index is 0.0262. The Hall–Kier alpha value is -1.38. The van der Waals surface area contributed by atoms with Crippen LogP contribution in [0.15, 0.2) is 29.2 Å². The molecule has 0 aliphatic heterocycles. The molecular weight excluding hydrogens is 224 g/mol. The van der Waals surface area contributed by atoms with Crippen LogP contribution in [0.5, 0.6) is 0 Å². The summed E-state index contributed by atoms with van der Waals surface area (Å²) in [5.41, 5.74) is 0.359. The summed E-state index contributed by atoms with van der Waals surface area (Å²) in [6, 6.07) is 7.89. The van der Waals surface area contributed by atoms with Crippen molar-refractivity contribution in [1.82, 2.24) is 5.32 Å². The van der Waals surface area contributed by atoms with Crippen LogP contribution < -0.4 is 5.32 Å². The number of nitrogens with zero attached hydrogens (tertiary/aromatic N) is 1. The van der Waals surface area contributed by atoms with Crippen molar-refractivity contribution in [2.24, 2.45) is 0 Å². The van der Waals surface area contributed by atoms with Gasteiger partial charge in [-0.15, -0.1) is 0 Å². The third kappa shape index (κ3) is 3.05. The largest absolute Gasteiger partial charge is 0.316 e. The second-order valence-electron chi connectivity index (χ2n) is 3.61. The maximum absolute atomic E-state index is 11.9. The van der Waals surface area contributed by atoms with Crippen molar-refractivity contribution in [3.63, 3.8) is 0 Å². The Balaban J connectivity index is 3.04. The van der Waals surface area contributed by atoms with E-state index < -0.39 is 9.84 Å². The first-order valence-electron chi connectivity index (χ1n) is 4.90. The van der Waals surface area contributed by atoms with E-state index in [0.717, 1.165) is 0 Å². The van der Waals surface area contributed by atoms with E-state index in [1.165, 1.54) is 12.1 Å². The zero-order valence-electron chi connectivity index (χ0n) is 9.27. The molecular formula is C11H14N2O2S. The van der Waals surface area contributed by atoms with Crippen molar-refractivity contribution in [1.29, 1.82) is 5.26 Å². The highest BCUT2D eigenvalue weighted by Crippen LogP contribution is 2.13. The minimum atomic E-state index is -3.32. The number of hydrogen-bond donors (Lipinski definition) is 1. The number of benzene rings is 1. The Bertz CT molecular complexity index is 503. The first-order chi connectivity index (χ1) is 7.49. The summed E-state index contributed by atoms with van der Waals surface area (Å²) in [5.74, 6) is 0.0262. The van der Waals surface area contributed by atoms with E-state index in [1.54, 1.807) is 26.1 Å². The van der Waals surface area contributed by atoms with Crippen LogP contribution in [0.4, 0.5) is 0 Å². The van der Waals surface area contributed by atoms with Crippen LogP contribution in [0, 0.1) is 11.3 Å². The molecule has 0 saturated heterocycles. The molecule has 1 aromatic rings. The number of sulfone groups is 1. The lowest BCUT2D eigenvalue weighted by Crippen LogP contribution is -2.29. The minimum Gasteiger partial charge on any atom is -0.316 e. The molecule has 1 N–H and O–H groups in total. The highest BCUT2D eigenvalue weighted by Gasteiger charge is 2.17. The summed E-state index contributed by atoms with van der Waals surface area (Å²) in [5, 5.41) is 11.6. The lowest BCUT2D eigenvalue weighted by Gasteiger charge is -2.10. The van der Waals surface area contributed by atoms with Gasteiger partial charge in [0.1, 0.15) is 0 Å². The molecule has 5 heteroatoms. The first kappa shape index (κ1) is 12.7. The van der Waals surface area contributed by atoms with Crippen molar-refractivity contribution in [2.45, 2.75) is 17.9 Å². The second kappa shape index (κ2) is 5.10. The molecule has 0 spiro atoms. The molecule has 1 rings (SSSR count). The van der Waals surface area contributed by atoms with Crippen molar-refractivity contribution in [3.8, 4) is 6.07 Å². The average Bonchev–Trinajstić information content (AvgIpc) is 2.28. The van der Waals surface area contributed by atoms with Crippen molar-refractivity contribution in [3.05, 3.63) is 29.8 Å². The van der Waals surface area contributed by atoms with Gasteiger partial charge in [0.2, 0.25) is 0 Å². The van der Waals surface area contributed by atoms with Gasteiger partial charge in [0.15, 0.2) is 9.84 Å². The van der Waals surface area contributed by atoms with Gasteiger partial charge < -0.3 is 5.32 Å². The van der Waals surface area contributed by atoms with Gasteiger partial charge in [-0.3, -0.25) is 0 Å². The SMILES string of the molecule is CNC(C)CS(=O)(=O)c1cccc(C#N)c1. The molecule has 0 aromatic heterocycles. The molecule has 0 radical (unpaired) electrons. The standard InChI is InChI=1S/C11H14N2O2S/c1-9(13-2)8-16(14,15)11-5-3-4-10(6-11)7-12/h3-6,9,13H,8H2,1-2H3. The Morgan fingerprint density at radius 3 is 2.75 bits per heavy atom. The Labute approximate surface area is 95.8 Å². The smallest absolute Gasteiger partial charge is 0.179 e. The molecule has 86 valence electrons. The summed E-state index contributed by atoms with van der Waals surface area (Å²) in [6.07, 6.45) is 0. The first-order valence-corrected chi connectivity index (χ1v) is 6.55. The highest BCUT2D eigenvalue weighted by molar-refractivity contribution is 7.91. The summed E-state index contributed by atoms with van der Waals surface area (Å²) >= 11 is 0. The molecule has 0 amide bonds. The Morgan fingerprint density at radius 1 is 1.50 bits per heavy atom. The number of rotatable bonds is 4. The molecule has 0 aliphatic rings. The predicted molar refractivity (Wildman–Crippen MR) is 61.7 cm³/mol. The van der Waals surface area contributed by atoms with Crippen LogP contribution in [0.2, 0.25) is 0 Å². The molecule has 0 saturated carbocycles. The van der Waals surface area contributed by atoms with Gasteiger partial charge in [0.05, 0.1) is 22.3 Å². The fourth-order valence-electron chi connectivity index (χ4n) is 1.27. The van der Waals surface area contributed by atoms with E-state index in [-0.39, 0.29) is 16.7 Å². The van der Waals surface area contributed by atoms with E-state index in [4.69, 9.17) is 5.26 Å². The van der Waals surface area contributed by atoms with E-state index in [2.05, 4.69) is 5.32 Å². The van der Waals surface area contributed by atoms with Crippen molar-refractivity contribution >= 4 is 9.84 Å². The van der Waals surface area contributed by atoms with Gasteiger partial charge in [-0.25, -0.2) is 8.42 Å². The fourth-order valence-corrected chi connectivity index (χ4v) is 2.88. The molecule has 16 heavy (non-hydrogen) atoms. The predicted octanol–water partition coefficient (Wildman–Crippen LogP) is 0.940. The van der Waals surface area contributed by atoms with Gasteiger partial charge in [-0.1, -0.05) is 6.07 Å². The van der Waals surface area contributed by atoms with Crippen LogP contribution in [0.3, 0.4) is 0 Å². The third-order valence-corrected chi connectivity index (χ3v) is 4.20. The summed E-state index contributed by atoms with van der Waals surface area (Å²) < 4.78 is 23.8. The molecule has 0 bridgehead atoms. The molecule has 1 aromatic carbocycles. The van der Waals surface area contributed by atoms with Gasteiger partial charge >= 0.3 is 0 Å². The van der Waals surface area contributed by atoms with Crippen LogP contribution >= 0.6 is 0 Å². The van der Waals surface area contributed by atoms with Gasteiger partial charge in [0, 0.05) is 6.04 Å². The zero-order chi connectivity index (χ0) is 12.2. The molecule has 0 aliphatic carbocycles. The number of nitrogens with one attached hydrogen (secondary N) is 1. The van der Waals surface area contributed by atoms with Gasteiger partial charge in [-0.05, 0) is 32.2 Å². The fraction of sp³-hybridized carbons (Fsp3) is 0.364. The number of nitriles is 1. The third-order valence-electron chi connectivity index (χ3n) is 2.28. The summed E-state index contributed by atoms with van der Waals surface area (Å²) in [6.45, 7) is 1.80. The van der Waals surface area contributed by atoms with Crippen molar-refractivity contribution < 1.29 is 8.42 Å². The monoisotopic (exact) mass is 238 g/mol. The average molecular weight is 238 g/mol. The summed E-state index contributed by atoms with van der Waals surface area (Å²) in [7, 11) is -1.60. The van der Waals surface area contributed by atoms with Crippen LogP contribution in [0.25, 0.3) is 0 Å². The van der Waals surface area contributed by atoms with E-state index >= 15 is 0 Å². The molecule has 0 heterocycles. The second-order valence-corrected chi connectivity index (χ2v) is 5.65. The topological polar surface area (TPSA) is 70.0 Å². The van der Waals surface area contributed by atoms with Crippen LogP contribution in [-0.2, 0) is 9.84 Å². The Morgan fingerprint density at radius 2 is 2.19 bits per heavy atom.